The predicted molar refractivity (Wildman–Crippen MR) is 68.3 cm³/mol. The second-order valence-corrected chi connectivity index (χ2v) is 4.80. The lowest BCUT2D eigenvalue weighted by molar-refractivity contribution is -0.134. The number of rotatable bonds is 3. The third kappa shape index (κ3) is 3.00. The van der Waals surface area contributed by atoms with Gasteiger partial charge in [0, 0.05) is 14.1 Å². The molecule has 2 N–H and O–H groups in total. The molecular weight excluding hydrogens is 232 g/mol. The van der Waals surface area contributed by atoms with Gasteiger partial charge in [-0.05, 0) is 26.0 Å². The first kappa shape index (κ1) is 14.0. The topological polar surface area (TPSA) is 69.6 Å². The largest absolute Gasteiger partial charge is 0.507 e. The molecule has 0 radical (unpaired) electrons. The van der Waals surface area contributed by atoms with Crippen LogP contribution in [0.1, 0.15) is 24.2 Å². The zero-order valence-corrected chi connectivity index (χ0v) is 11.0. The number of hydrogen-bond acceptors (Lipinski definition) is 3. The molecule has 0 atom stereocenters. The summed E-state index contributed by atoms with van der Waals surface area (Å²) < 4.78 is 0. The van der Waals surface area contributed by atoms with Gasteiger partial charge in [-0.25, -0.2) is 0 Å². The number of carbonyl (C=O) groups is 2. The van der Waals surface area contributed by atoms with Gasteiger partial charge in [-0.15, -0.1) is 0 Å². The van der Waals surface area contributed by atoms with Gasteiger partial charge in [0.1, 0.15) is 11.3 Å². The summed E-state index contributed by atoms with van der Waals surface area (Å²) in [6, 6.07) is 6.20. The Morgan fingerprint density at radius 1 is 1.22 bits per heavy atom. The summed E-state index contributed by atoms with van der Waals surface area (Å²) in [4.78, 5) is 25.2. The Labute approximate surface area is 106 Å². The first-order valence-electron chi connectivity index (χ1n) is 5.58. The molecule has 0 saturated heterocycles. The molecule has 1 rings (SSSR count). The molecule has 18 heavy (non-hydrogen) atoms. The Morgan fingerprint density at radius 2 is 1.78 bits per heavy atom. The van der Waals surface area contributed by atoms with Crippen molar-refractivity contribution in [1.82, 2.24) is 10.2 Å². The van der Waals surface area contributed by atoms with E-state index in [1.54, 1.807) is 40.1 Å². The fraction of sp³-hybridized carbons (Fsp3) is 0.385. The van der Waals surface area contributed by atoms with Gasteiger partial charge >= 0.3 is 0 Å². The van der Waals surface area contributed by atoms with Crippen LogP contribution in [0.25, 0.3) is 0 Å². The summed E-state index contributed by atoms with van der Waals surface area (Å²) >= 11 is 0. The number of hydrogen-bond donors (Lipinski definition) is 2. The highest BCUT2D eigenvalue weighted by Gasteiger charge is 2.31. The average molecular weight is 250 g/mol. The van der Waals surface area contributed by atoms with Crippen LogP contribution in [-0.4, -0.2) is 41.5 Å². The minimum absolute atomic E-state index is 0.108. The molecule has 0 aliphatic rings. The maximum absolute atomic E-state index is 12.0. The van der Waals surface area contributed by atoms with Gasteiger partial charge in [0.25, 0.3) is 5.91 Å². The molecule has 98 valence electrons. The van der Waals surface area contributed by atoms with Crippen LogP contribution in [0.3, 0.4) is 0 Å². The second kappa shape index (κ2) is 5.08. The predicted octanol–water partition coefficient (Wildman–Crippen LogP) is 0.989. The van der Waals surface area contributed by atoms with Gasteiger partial charge in [0.05, 0.1) is 5.56 Å². The second-order valence-electron chi connectivity index (χ2n) is 4.80. The van der Waals surface area contributed by atoms with Crippen molar-refractivity contribution in [2.75, 3.05) is 14.1 Å². The van der Waals surface area contributed by atoms with Crippen LogP contribution < -0.4 is 5.32 Å². The minimum Gasteiger partial charge on any atom is -0.507 e. The summed E-state index contributed by atoms with van der Waals surface area (Å²) in [6.07, 6.45) is 0. The first-order chi connectivity index (χ1) is 8.25. The molecule has 0 fully saturated rings. The molecular formula is C13H18N2O3. The summed E-state index contributed by atoms with van der Waals surface area (Å²) in [5, 5.41) is 12.2. The molecule has 0 bridgehead atoms. The van der Waals surface area contributed by atoms with Crippen molar-refractivity contribution < 1.29 is 14.7 Å². The Hall–Kier alpha value is -2.04. The highest BCUT2D eigenvalue weighted by atomic mass is 16.3. The van der Waals surface area contributed by atoms with Crippen molar-refractivity contribution in [2.45, 2.75) is 19.4 Å². The number of amides is 2. The Balaban J connectivity index is 2.89. The van der Waals surface area contributed by atoms with Crippen molar-refractivity contribution in [3.63, 3.8) is 0 Å². The molecule has 0 heterocycles. The van der Waals surface area contributed by atoms with Crippen molar-refractivity contribution >= 4 is 11.8 Å². The molecule has 1 aromatic rings. The highest BCUT2D eigenvalue weighted by molar-refractivity contribution is 6.00. The van der Waals surface area contributed by atoms with Gasteiger partial charge in [-0.2, -0.15) is 0 Å². The van der Waals surface area contributed by atoms with E-state index in [1.807, 2.05) is 0 Å². The van der Waals surface area contributed by atoms with Crippen LogP contribution >= 0.6 is 0 Å². The zero-order chi connectivity index (χ0) is 13.9. The van der Waals surface area contributed by atoms with Crippen LogP contribution in [0.5, 0.6) is 5.75 Å². The van der Waals surface area contributed by atoms with Crippen molar-refractivity contribution in [3.8, 4) is 5.75 Å². The maximum atomic E-state index is 12.0. The Bertz CT molecular complexity index is 467. The third-order valence-corrected chi connectivity index (χ3v) is 2.52. The van der Waals surface area contributed by atoms with Crippen LogP contribution in [-0.2, 0) is 4.79 Å². The highest BCUT2D eigenvalue weighted by Crippen LogP contribution is 2.17. The van der Waals surface area contributed by atoms with E-state index >= 15 is 0 Å². The number of para-hydroxylation sites is 1. The zero-order valence-electron chi connectivity index (χ0n) is 11.0. The molecule has 0 aliphatic carbocycles. The number of likely N-dealkylation sites (N-methyl/N-ethyl adjacent to an activating group) is 1. The molecule has 1 aromatic carbocycles. The number of phenolic OH excluding ortho intramolecular Hbond substituents is 1. The summed E-state index contributed by atoms with van der Waals surface area (Å²) in [5.74, 6) is -0.803. The summed E-state index contributed by atoms with van der Waals surface area (Å²) in [7, 11) is 3.24. The van der Waals surface area contributed by atoms with E-state index < -0.39 is 11.4 Å². The van der Waals surface area contributed by atoms with Crippen molar-refractivity contribution in [3.05, 3.63) is 29.8 Å². The number of phenols is 1. The lowest BCUT2D eigenvalue weighted by atomic mass is 10.0. The van der Waals surface area contributed by atoms with E-state index in [1.165, 1.54) is 17.0 Å². The van der Waals surface area contributed by atoms with Crippen LogP contribution in [0.4, 0.5) is 0 Å². The number of carbonyl (C=O) groups excluding carboxylic acids is 2. The average Bonchev–Trinajstić information content (AvgIpc) is 2.27. The maximum Gasteiger partial charge on any atom is 0.255 e. The number of nitrogens with zero attached hydrogens (tertiary/aromatic N) is 1. The molecule has 0 unspecified atom stereocenters. The normalized spacial score (nSPS) is 10.9. The quantitative estimate of drug-likeness (QED) is 0.840. The molecule has 5 heteroatoms. The van der Waals surface area contributed by atoms with Crippen molar-refractivity contribution in [1.29, 1.82) is 0 Å². The van der Waals surface area contributed by atoms with Gasteiger partial charge < -0.3 is 15.3 Å². The van der Waals surface area contributed by atoms with E-state index in [2.05, 4.69) is 5.32 Å². The van der Waals surface area contributed by atoms with Crippen LogP contribution in [0.15, 0.2) is 24.3 Å². The lowest BCUT2D eigenvalue weighted by Gasteiger charge is -2.28. The molecule has 0 spiro atoms. The molecule has 0 aliphatic heterocycles. The number of benzene rings is 1. The van der Waals surface area contributed by atoms with E-state index in [0.717, 1.165) is 0 Å². The molecule has 0 saturated carbocycles. The fourth-order valence-electron chi connectivity index (χ4n) is 1.63. The molecule has 5 nitrogen and oxygen atoms in total. The van der Waals surface area contributed by atoms with Gasteiger partial charge in [0.2, 0.25) is 5.91 Å². The Morgan fingerprint density at radius 3 is 2.28 bits per heavy atom. The summed E-state index contributed by atoms with van der Waals surface area (Å²) in [5.41, 5.74) is -0.875. The summed E-state index contributed by atoms with van der Waals surface area (Å²) in [6.45, 7) is 3.24. The lowest BCUT2D eigenvalue weighted by Crippen LogP contribution is -2.54. The number of aromatic hydroxyl groups is 1. The number of nitrogens with one attached hydrogen (secondary N) is 1. The van der Waals surface area contributed by atoms with Gasteiger partial charge in [0.15, 0.2) is 0 Å². The molecule has 2 amide bonds. The van der Waals surface area contributed by atoms with Crippen LogP contribution in [0.2, 0.25) is 0 Å². The Kier molecular flexibility index (Phi) is 3.96. The first-order valence-corrected chi connectivity index (χ1v) is 5.58. The molecule has 0 aromatic heterocycles. The van der Waals surface area contributed by atoms with E-state index in [4.69, 9.17) is 0 Å². The SMILES string of the molecule is CN(C)C(=O)C(C)(C)NC(=O)c1ccccc1O. The smallest absolute Gasteiger partial charge is 0.255 e. The third-order valence-electron chi connectivity index (χ3n) is 2.52. The monoisotopic (exact) mass is 250 g/mol. The van der Waals surface area contributed by atoms with Crippen LogP contribution in [0, 0.1) is 0 Å². The van der Waals surface area contributed by atoms with Gasteiger partial charge in [-0.3, -0.25) is 9.59 Å². The fourth-order valence-corrected chi connectivity index (χ4v) is 1.63. The van der Waals surface area contributed by atoms with Gasteiger partial charge in [-0.1, -0.05) is 12.1 Å². The van der Waals surface area contributed by atoms with Crippen molar-refractivity contribution in [2.24, 2.45) is 0 Å². The van der Waals surface area contributed by atoms with E-state index in [0.29, 0.717) is 0 Å². The van der Waals surface area contributed by atoms with E-state index in [-0.39, 0.29) is 17.2 Å². The minimum atomic E-state index is -1.02. The van der Waals surface area contributed by atoms with E-state index in [9.17, 15) is 14.7 Å². The standard InChI is InChI=1S/C13H18N2O3/c1-13(2,12(18)15(3)4)14-11(17)9-7-5-6-8-10(9)16/h5-8,16H,1-4H3,(H,14,17).